The Bertz CT molecular complexity index is 427. The van der Waals surface area contributed by atoms with Gasteiger partial charge in [0.2, 0.25) is 0 Å². The summed E-state index contributed by atoms with van der Waals surface area (Å²) in [5.74, 6) is 1.77. The molecule has 0 amide bonds. The summed E-state index contributed by atoms with van der Waals surface area (Å²) >= 11 is 2.32. The standard InChI is InChI=1S/C13H20IN3O/c1-4-6-9-10(14)11(15-2)17-12(16-9)13(18-3)7-5-8-13/h4-8H2,1-3H3,(H,15,16,17). The highest BCUT2D eigenvalue weighted by Gasteiger charge is 2.42. The van der Waals surface area contributed by atoms with Gasteiger partial charge in [0.05, 0.1) is 9.26 Å². The fourth-order valence-electron chi connectivity index (χ4n) is 2.28. The van der Waals surface area contributed by atoms with E-state index in [4.69, 9.17) is 9.72 Å². The van der Waals surface area contributed by atoms with Crippen LogP contribution >= 0.6 is 22.6 Å². The van der Waals surface area contributed by atoms with Crippen LogP contribution in [0.3, 0.4) is 0 Å². The van der Waals surface area contributed by atoms with Crippen LogP contribution in [0.25, 0.3) is 0 Å². The molecule has 1 aliphatic rings. The maximum Gasteiger partial charge on any atom is 0.162 e. The minimum atomic E-state index is -0.238. The second kappa shape index (κ2) is 5.69. The third-order valence-electron chi connectivity index (χ3n) is 3.60. The van der Waals surface area contributed by atoms with Crippen LogP contribution in [-0.2, 0) is 16.8 Å². The second-order valence-corrected chi connectivity index (χ2v) is 5.79. The summed E-state index contributed by atoms with van der Waals surface area (Å²) in [6.07, 6.45) is 5.33. The molecule has 1 heterocycles. The van der Waals surface area contributed by atoms with Gasteiger partial charge in [-0.2, -0.15) is 0 Å². The number of nitrogens with zero attached hydrogens (tertiary/aromatic N) is 2. The van der Waals surface area contributed by atoms with E-state index in [9.17, 15) is 0 Å². The number of hydrogen-bond acceptors (Lipinski definition) is 4. The monoisotopic (exact) mass is 361 g/mol. The number of ether oxygens (including phenoxy) is 1. The molecule has 0 bridgehead atoms. The fourth-order valence-corrected chi connectivity index (χ4v) is 3.06. The Balaban J connectivity index is 2.44. The summed E-state index contributed by atoms with van der Waals surface area (Å²) in [6, 6.07) is 0. The van der Waals surface area contributed by atoms with E-state index in [2.05, 4.69) is 39.8 Å². The quantitative estimate of drug-likeness (QED) is 0.819. The summed E-state index contributed by atoms with van der Waals surface area (Å²) < 4.78 is 6.81. The van der Waals surface area contributed by atoms with Crippen LogP contribution in [0.4, 0.5) is 5.82 Å². The van der Waals surface area contributed by atoms with E-state index in [1.54, 1.807) is 7.11 Å². The lowest BCUT2D eigenvalue weighted by Gasteiger charge is -2.39. The maximum atomic E-state index is 5.68. The smallest absolute Gasteiger partial charge is 0.162 e. The third kappa shape index (κ3) is 2.34. The SMILES string of the molecule is CCCc1nc(C2(OC)CCC2)nc(NC)c1I. The number of rotatable bonds is 5. The van der Waals surface area contributed by atoms with E-state index in [0.29, 0.717) is 0 Å². The first-order valence-corrected chi connectivity index (χ1v) is 7.54. The molecule has 0 saturated heterocycles. The fraction of sp³-hybridized carbons (Fsp3) is 0.692. The first-order chi connectivity index (χ1) is 8.66. The van der Waals surface area contributed by atoms with Gasteiger partial charge in [-0.15, -0.1) is 0 Å². The van der Waals surface area contributed by atoms with E-state index in [1.165, 1.54) is 6.42 Å². The first-order valence-electron chi connectivity index (χ1n) is 6.46. The van der Waals surface area contributed by atoms with Gasteiger partial charge < -0.3 is 10.1 Å². The molecule has 1 fully saturated rings. The van der Waals surface area contributed by atoms with Crippen molar-refractivity contribution in [3.63, 3.8) is 0 Å². The van der Waals surface area contributed by atoms with Gasteiger partial charge in [0.1, 0.15) is 11.4 Å². The van der Waals surface area contributed by atoms with Crippen LogP contribution in [0.2, 0.25) is 0 Å². The summed E-state index contributed by atoms with van der Waals surface area (Å²) in [4.78, 5) is 9.40. The van der Waals surface area contributed by atoms with Crippen molar-refractivity contribution in [1.82, 2.24) is 9.97 Å². The second-order valence-electron chi connectivity index (χ2n) is 4.71. The van der Waals surface area contributed by atoms with Crippen LogP contribution in [0.5, 0.6) is 0 Å². The van der Waals surface area contributed by atoms with Crippen molar-refractivity contribution >= 4 is 28.4 Å². The minimum absolute atomic E-state index is 0.238. The molecule has 1 aromatic rings. The number of hydrogen-bond donors (Lipinski definition) is 1. The van der Waals surface area contributed by atoms with Crippen molar-refractivity contribution in [2.45, 2.75) is 44.6 Å². The van der Waals surface area contributed by atoms with E-state index in [-0.39, 0.29) is 5.60 Å². The van der Waals surface area contributed by atoms with Gasteiger partial charge in [-0.1, -0.05) is 13.3 Å². The number of halogens is 1. The zero-order valence-corrected chi connectivity index (χ0v) is 13.4. The lowest BCUT2D eigenvalue weighted by atomic mass is 9.79. The van der Waals surface area contributed by atoms with Crippen molar-refractivity contribution in [1.29, 1.82) is 0 Å². The predicted molar refractivity (Wildman–Crippen MR) is 80.8 cm³/mol. The summed E-state index contributed by atoms with van der Waals surface area (Å²) in [7, 11) is 3.67. The minimum Gasteiger partial charge on any atom is -0.372 e. The molecule has 1 saturated carbocycles. The third-order valence-corrected chi connectivity index (χ3v) is 4.74. The number of nitrogens with one attached hydrogen (secondary N) is 1. The first kappa shape index (κ1) is 14.0. The molecular formula is C13H20IN3O. The Morgan fingerprint density at radius 2 is 2.11 bits per heavy atom. The van der Waals surface area contributed by atoms with Gasteiger partial charge in [0.15, 0.2) is 5.82 Å². The van der Waals surface area contributed by atoms with Crippen LogP contribution in [0, 0.1) is 3.57 Å². The lowest BCUT2D eigenvalue weighted by Crippen LogP contribution is -2.38. The van der Waals surface area contributed by atoms with Crippen LogP contribution in [-0.4, -0.2) is 24.1 Å². The van der Waals surface area contributed by atoms with E-state index in [0.717, 1.165) is 46.6 Å². The topological polar surface area (TPSA) is 47.0 Å². The molecule has 1 aliphatic carbocycles. The van der Waals surface area contributed by atoms with Crippen molar-refractivity contribution in [3.05, 3.63) is 15.1 Å². The molecule has 2 rings (SSSR count). The summed E-state index contributed by atoms with van der Waals surface area (Å²) in [5, 5.41) is 3.16. The van der Waals surface area contributed by atoms with Gasteiger partial charge in [-0.25, -0.2) is 9.97 Å². The highest BCUT2D eigenvalue weighted by Crippen LogP contribution is 2.43. The average molecular weight is 361 g/mol. The Labute approximate surface area is 122 Å². The highest BCUT2D eigenvalue weighted by molar-refractivity contribution is 14.1. The number of aromatic nitrogens is 2. The number of aryl methyl sites for hydroxylation is 1. The zero-order chi connectivity index (χ0) is 13.2. The Kier molecular flexibility index (Phi) is 4.42. The zero-order valence-electron chi connectivity index (χ0n) is 11.2. The Morgan fingerprint density at radius 1 is 1.39 bits per heavy atom. The molecule has 4 nitrogen and oxygen atoms in total. The molecular weight excluding hydrogens is 341 g/mol. The van der Waals surface area contributed by atoms with Gasteiger partial charge in [0, 0.05) is 14.2 Å². The van der Waals surface area contributed by atoms with Crippen molar-refractivity contribution in [2.75, 3.05) is 19.5 Å². The van der Waals surface area contributed by atoms with Gasteiger partial charge in [-0.05, 0) is 48.3 Å². The normalized spacial score (nSPS) is 17.3. The molecule has 1 aromatic heterocycles. The Hall–Kier alpha value is -0.430. The van der Waals surface area contributed by atoms with Crippen LogP contribution in [0.15, 0.2) is 0 Å². The molecule has 0 spiro atoms. The molecule has 100 valence electrons. The van der Waals surface area contributed by atoms with E-state index in [1.807, 2.05) is 7.05 Å². The Morgan fingerprint density at radius 3 is 2.56 bits per heavy atom. The molecule has 1 N–H and O–H groups in total. The summed E-state index contributed by atoms with van der Waals surface area (Å²) in [5.41, 5.74) is 0.897. The number of anilines is 1. The van der Waals surface area contributed by atoms with Crippen LogP contribution in [0.1, 0.15) is 44.1 Å². The number of methoxy groups -OCH3 is 1. The van der Waals surface area contributed by atoms with Gasteiger partial charge in [0.25, 0.3) is 0 Å². The largest absolute Gasteiger partial charge is 0.372 e. The molecule has 0 unspecified atom stereocenters. The highest BCUT2D eigenvalue weighted by atomic mass is 127. The maximum absolute atomic E-state index is 5.68. The molecule has 0 aromatic carbocycles. The van der Waals surface area contributed by atoms with Crippen molar-refractivity contribution < 1.29 is 4.74 Å². The van der Waals surface area contributed by atoms with E-state index >= 15 is 0 Å². The van der Waals surface area contributed by atoms with Crippen LogP contribution < -0.4 is 5.32 Å². The molecule has 0 aliphatic heterocycles. The van der Waals surface area contributed by atoms with Crippen molar-refractivity contribution in [3.8, 4) is 0 Å². The molecule has 5 heteroatoms. The van der Waals surface area contributed by atoms with Gasteiger partial charge >= 0.3 is 0 Å². The molecule has 18 heavy (non-hydrogen) atoms. The molecule has 0 atom stereocenters. The average Bonchev–Trinajstić information content (AvgIpc) is 2.32. The lowest BCUT2D eigenvalue weighted by molar-refractivity contribution is -0.0847. The predicted octanol–water partition coefficient (Wildman–Crippen LogP) is 3.10. The molecule has 0 radical (unpaired) electrons. The van der Waals surface area contributed by atoms with E-state index < -0.39 is 0 Å². The summed E-state index contributed by atoms with van der Waals surface area (Å²) in [6.45, 7) is 2.17. The van der Waals surface area contributed by atoms with Crippen molar-refractivity contribution in [2.24, 2.45) is 0 Å². The van der Waals surface area contributed by atoms with Gasteiger partial charge in [-0.3, -0.25) is 0 Å².